The number of fused-ring (bicyclic) bond motifs is 2. The molecule has 0 spiro atoms. The van der Waals surface area contributed by atoms with Gasteiger partial charge in [-0.25, -0.2) is 4.98 Å². The van der Waals surface area contributed by atoms with E-state index in [9.17, 15) is 35.9 Å². The molecule has 0 fully saturated rings. The van der Waals surface area contributed by atoms with Crippen LogP contribution < -0.4 is 16.0 Å². The van der Waals surface area contributed by atoms with Gasteiger partial charge in [-0.05, 0) is 48.0 Å². The number of anilines is 3. The van der Waals surface area contributed by atoms with Crippen LogP contribution in [0.4, 0.5) is 43.5 Å². The van der Waals surface area contributed by atoms with E-state index in [0.717, 1.165) is 28.6 Å². The van der Waals surface area contributed by atoms with Crippen molar-refractivity contribution in [1.82, 2.24) is 9.97 Å². The Morgan fingerprint density at radius 1 is 0.897 bits per heavy atom. The summed E-state index contributed by atoms with van der Waals surface area (Å²) in [7, 11) is 0. The van der Waals surface area contributed by atoms with Crippen LogP contribution in [0.5, 0.6) is 0 Å². The number of aromatic nitrogens is 2. The highest BCUT2D eigenvalue weighted by Gasteiger charge is 2.78. The van der Waals surface area contributed by atoms with Crippen LogP contribution in [-0.2, 0) is 16.8 Å². The normalized spacial score (nSPS) is 14.6. The second kappa shape index (κ2) is 9.26. The second-order valence-electron chi connectivity index (χ2n) is 8.70. The van der Waals surface area contributed by atoms with Gasteiger partial charge in [-0.2, -0.15) is 26.3 Å². The number of halogens is 6. The lowest BCUT2D eigenvalue weighted by Gasteiger charge is -2.31. The summed E-state index contributed by atoms with van der Waals surface area (Å²) in [5, 5.41) is 8.06. The van der Waals surface area contributed by atoms with Gasteiger partial charge in [0.15, 0.2) is 0 Å². The van der Waals surface area contributed by atoms with Gasteiger partial charge < -0.3 is 16.0 Å². The van der Waals surface area contributed by atoms with Gasteiger partial charge in [0.05, 0.1) is 11.1 Å². The molecule has 0 saturated carbocycles. The van der Waals surface area contributed by atoms with Crippen LogP contribution in [0.15, 0.2) is 73.1 Å². The number of hydrogen-bond donors (Lipinski definition) is 3. The number of benzene rings is 2. The lowest BCUT2D eigenvalue weighted by atomic mass is 9.80. The number of pyridine rings is 2. The first-order valence-corrected chi connectivity index (χ1v) is 11.3. The van der Waals surface area contributed by atoms with Crippen LogP contribution in [0.3, 0.4) is 0 Å². The molecule has 2 aromatic heterocycles. The van der Waals surface area contributed by atoms with Crippen molar-refractivity contribution < 1.29 is 35.9 Å². The molecule has 0 bridgehead atoms. The summed E-state index contributed by atoms with van der Waals surface area (Å²) in [5.74, 6) is -2.79. The molecule has 2 aromatic carbocycles. The molecular weight excluding hydrogens is 528 g/mol. The molecule has 0 saturated heterocycles. The van der Waals surface area contributed by atoms with Gasteiger partial charge in [0.2, 0.25) is 0 Å². The van der Waals surface area contributed by atoms with E-state index in [1.54, 1.807) is 17.6 Å². The smallest absolute Gasteiger partial charge is 0.365 e. The van der Waals surface area contributed by atoms with E-state index in [1.807, 2.05) is 24.3 Å². The molecule has 1 aliphatic rings. The Kier molecular flexibility index (Phi) is 6.16. The minimum Gasteiger partial charge on any atom is -0.365 e. The minimum absolute atomic E-state index is 0.0735. The van der Waals surface area contributed by atoms with Crippen LogP contribution in [0.2, 0.25) is 0 Å². The van der Waals surface area contributed by atoms with Crippen LogP contribution in [0.25, 0.3) is 10.9 Å². The fourth-order valence-electron chi connectivity index (χ4n) is 4.46. The average Bonchev–Trinajstić information content (AvgIpc) is 3.19. The molecule has 7 nitrogen and oxygen atoms in total. The van der Waals surface area contributed by atoms with E-state index in [2.05, 4.69) is 20.6 Å². The molecule has 39 heavy (non-hydrogen) atoms. The fourth-order valence-corrected chi connectivity index (χ4v) is 4.46. The summed E-state index contributed by atoms with van der Waals surface area (Å²) in [6.07, 6.45) is -8.76. The van der Waals surface area contributed by atoms with Crippen LogP contribution in [0, 0.1) is 0 Å². The molecule has 0 radical (unpaired) electrons. The number of rotatable bonds is 5. The van der Waals surface area contributed by atoms with Crippen molar-refractivity contribution in [2.45, 2.75) is 24.3 Å². The summed E-state index contributed by atoms with van der Waals surface area (Å²) in [6, 6.07) is 14.5. The molecule has 3 heterocycles. The molecule has 3 N–H and O–H groups in total. The Bertz CT molecular complexity index is 1590. The van der Waals surface area contributed by atoms with Crippen molar-refractivity contribution in [3.8, 4) is 0 Å². The van der Waals surface area contributed by atoms with Gasteiger partial charge >= 0.3 is 12.4 Å². The predicted octanol–water partition coefficient (Wildman–Crippen LogP) is 5.81. The van der Waals surface area contributed by atoms with Crippen molar-refractivity contribution in [2.75, 3.05) is 16.0 Å². The zero-order valence-electron chi connectivity index (χ0n) is 19.6. The second-order valence-corrected chi connectivity index (χ2v) is 8.70. The largest absolute Gasteiger partial charge is 0.416 e. The van der Waals surface area contributed by atoms with Crippen molar-refractivity contribution in [3.05, 3.63) is 89.7 Å². The van der Waals surface area contributed by atoms with Gasteiger partial charge in [-0.15, -0.1) is 0 Å². The van der Waals surface area contributed by atoms with Gasteiger partial charge in [0.25, 0.3) is 17.2 Å². The molecule has 0 aliphatic carbocycles. The third-order valence-corrected chi connectivity index (χ3v) is 6.30. The average molecular weight is 545 g/mol. The van der Waals surface area contributed by atoms with Crippen molar-refractivity contribution >= 4 is 39.9 Å². The SMILES string of the molecule is O=C(Nc1ccc2c(c1)NC(=O)C2(C(F)(F)F)C(F)(F)F)c1cccnc1NCc1ccc2ncccc2c1. The molecule has 0 unspecified atom stereocenters. The fraction of sp³-hybridized carbons (Fsp3) is 0.154. The first-order chi connectivity index (χ1) is 18.4. The lowest BCUT2D eigenvalue weighted by molar-refractivity contribution is -0.288. The minimum atomic E-state index is -5.94. The van der Waals surface area contributed by atoms with Crippen LogP contribution in [0.1, 0.15) is 21.5 Å². The summed E-state index contributed by atoms with van der Waals surface area (Å²) >= 11 is 0. The number of hydrogen-bond acceptors (Lipinski definition) is 5. The molecular formula is C26H17F6N5O2. The molecule has 0 atom stereocenters. The summed E-state index contributed by atoms with van der Waals surface area (Å²) in [6.45, 7) is 0.296. The van der Waals surface area contributed by atoms with Crippen molar-refractivity contribution in [2.24, 2.45) is 0 Å². The highest BCUT2D eigenvalue weighted by atomic mass is 19.4. The topological polar surface area (TPSA) is 96.0 Å². The molecule has 13 heteroatoms. The van der Waals surface area contributed by atoms with Gasteiger partial charge in [0, 0.05) is 41.3 Å². The quantitative estimate of drug-likeness (QED) is 0.275. The predicted molar refractivity (Wildman–Crippen MR) is 130 cm³/mol. The Hall–Kier alpha value is -4.68. The van der Waals surface area contributed by atoms with Gasteiger partial charge in [0.1, 0.15) is 5.82 Å². The number of carbonyl (C=O) groups is 2. The first-order valence-electron chi connectivity index (χ1n) is 11.3. The Labute approximate surface area is 216 Å². The summed E-state index contributed by atoms with van der Waals surface area (Å²) < 4.78 is 81.7. The van der Waals surface area contributed by atoms with E-state index in [1.165, 1.54) is 18.3 Å². The number of amides is 2. The molecule has 5 rings (SSSR count). The highest BCUT2D eigenvalue weighted by Crippen LogP contribution is 2.57. The Morgan fingerprint density at radius 2 is 1.62 bits per heavy atom. The number of alkyl halides is 6. The Morgan fingerprint density at radius 3 is 2.36 bits per heavy atom. The maximum absolute atomic E-state index is 13.6. The maximum Gasteiger partial charge on any atom is 0.416 e. The zero-order chi connectivity index (χ0) is 28.0. The van der Waals surface area contributed by atoms with Crippen molar-refractivity contribution in [3.63, 3.8) is 0 Å². The van der Waals surface area contributed by atoms with Gasteiger partial charge in [-0.3, -0.25) is 14.6 Å². The van der Waals surface area contributed by atoms with Crippen molar-refractivity contribution in [1.29, 1.82) is 0 Å². The molecule has 1 aliphatic heterocycles. The maximum atomic E-state index is 13.6. The van der Waals surface area contributed by atoms with E-state index in [0.29, 0.717) is 12.6 Å². The molecule has 4 aromatic rings. The molecule has 200 valence electrons. The Balaban J connectivity index is 1.37. The lowest BCUT2D eigenvalue weighted by Crippen LogP contribution is -2.58. The zero-order valence-corrected chi connectivity index (χ0v) is 19.6. The monoisotopic (exact) mass is 545 g/mol. The number of nitrogens with one attached hydrogen (secondary N) is 3. The third kappa shape index (κ3) is 4.39. The first kappa shape index (κ1) is 25.9. The van der Waals surface area contributed by atoms with E-state index >= 15 is 0 Å². The van der Waals surface area contributed by atoms with Crippen LogP contribution >= 0.6 is 0 Å². The standard InChI is InChI=1S/C26H17F6N5O2/c27-25(28,29)24(26(30,31)32)18-7-6-16(12-20(18)37-23(24)39)36-22(38)17-4-2-10-34-21(17)35-13-14-5-8-19-15(11-14)3-1-9-33-19/h1-12H,13H2,(H,34,35)(H,36,38)(H,37,39). The molecule has 2 amide bonds. The van der Waals surface area contributed by atoms with E-state index in [-0.39, 0.29) is 17.1 Å². The van der Waals surface area contributed by atoms with E-state index in [4.69, 9.17) is 0 Å². The highest BCUT2D eigenvalue weighted by molar-refractivity contribution is 6.10. The summed E-state index contributed by atoms with van der Waals surface area (Å²) in [4.78, 5) is 33.5. The van der Waals surface area contributed by atoms with E-state index < -0.39 is 40.8 Å². The third-order valence-electron chi connectivity index (χ3n) is 6.30. The summed E-state index contributed by atoms with van der Waals surface area (Å²) in [5.41, 5.74) is -5.08. The number of nitrogens with zero attached hydrogens (tertiary/aromatic N) is 2. The number of carbonyl (C=O) groups excluding carboxylic acids is 2. The van der Waals surface area contributed by atoms with Gasteiger partial charge in [-0.1, -0.05) is 18.2 Å². The van der Waals surface area contributed by atoms with Crippen LogP contribution in [-0.4, -0.2) is 34.1 Å².